The van der Waals surface area contributed by atoms with Gasteiger partial charge in [0.05, 0.1) is 25.6 Å². The number of nitrogen functional groups attached to an aromatic ring is 2. The first-order valence-electron chi connectivity index (χ1n) is 20.3. The average Bonchev–Trinajstić information content (AvgIpc) is 3.74. The van der Waals surface area contributed by atoms with Crippen molar-refractivity contribution in [2.24, 2.45) is 5.92 Å². The number of likely N-dealkylation sites (N-methyl/N-ethyl adjacent to an activating group) is 1. The highest BCUT2D eigenvalue weighted by atomic mass is 16.5. The topological polar surface area (TPSA) is 214 Å². The van der Waals surface area contributed by atoms with Gasteiger partial charge in [0.25, 0.3) is 0 Å². The van der Waals surface area contributed by atoms with E-state index in [2.05, 4.69) is 61.7 Å². The molecule has 15 heteroatoms. The number of hydrogen-bond donors (Lipinski definition) is 8. The standard InChI is InChI=1S/C19H30N4.C14H20N2O3.C12H17N3O3/c1-15(23(3)14-18-6-4-5-7-18)12-21-16(2)22-13-17-8-10-19(20)11-9-17;1-4-19-13(17)9-16-14(18)15-8-12-6-5-10(2)11(3)7-12;1-2-18-11(16)8-15-12(17)14-7-9-4-3-5-10(13)6-9/h8-11,18,21-22H,1-2,4-7,12-14,20H2,3H3;5-7H,4,8-9H2,1-3H3,(H2,15,16,18);3-6H,2,7-8,13H2,1H3,(H2,14,15,17). The lowest BCUT2D eigenvalue weighted by atomic mass is 10.1. The molecule has 3 aromatic carbocycles. The van der Waals surface area contributed by atoms with Gasteiger partial charge in [-0.05, 0) is 98.5 Å². The quantitative estimate of drug-likeness (QED) is 0.0570. The molecule has 0 heterocycles. The fraction of sp³-hybridized carbons (Fsp3) is 0.422. The number of carbonyl (C=O) groups is 4. The van der Waals surface area contributed by atoms with Crippen LogP contribution in [0.2, 0.25) is 0 Å². The predicted octanol–water partition coefficient (Wildman–Crippen LogP) is 5.35. The minimum absolute atomic E-state index is 0.118. The van der Waals surface area contributed by atoms with Crippen LogP contribution < -0.4 is 43.4 Å². The molecule has 10 N–H and O–H groups in total. The van der Waals surface area contributed by atoms with Gasteiger partial charge in [-0.3, -0.25) is 9.59 Å². The van der Waals surface area contributed by atoms with Crippen LogP contribution in [0.1, 0.15) is 67.3 Å². The number of esters is 2. The van der Waals surface area contributed by atoms with Crippen molar-refractivity contribution in [3.8, 4) is 0 Å². The van der Waals surface area contributed by atoms with E-state index in [-0.39, 0.29) is 19.1 Å². The van der Waals surface area contributed by atoms with E-state index in [0.717, 1.165) is 53.9 Å². The molecule has 328 valence electrons. The fourth-order valence-electron chi connectivity index (χ4n) is 5.79. The lowest BCUT2D eigenvalue weighted by Gasteiger charge is -2.26. The molecule has 60 heavy (non-hydrogen) atoms. The van der Waals surface area contributed by atoms with Crippen molar-refractivity contribution >= 4 is 35.4 Å². The van der Waals surface area contributed by atoms with Crippen LogP contribution in [0.15, 0.2) is 91.4 Å². The highest BCUT2D eigenvalue weighted by Gasteiger charge is 2.17. The van der Waals surface area contributed by atoms with Gasteiger partial charge in [0.1, 0.15) is 13.1 Å². The van der Waals surface area contributed by atoms with E-state index in [1.165, 1.54) is 42.4 Å². The minimum Gasteiger partial charge on any atom is -0.465 e. The summed E-state index contributed by atoms with van der Waals surface area (Å²) in [7, 11) is 2.13. The second-order valence-corrected chi connectivity index (χ2v) is 14.4. The Hall–Kier alpha value is -6.38. The summed E-state index contributed by atoms with van der Waals surface area (Å²) >= 11 is 0. The Morgan fingerprint density at radius 2 is 1.18 bits per heavy atom. The van der Waals surface area contributed by atoms with Crippen molar-refractivity contribution in [1.29, 1.82) is 0 Å². The second-order valence-electron chi connectivity index (χ2n) is 14.4. The monoisotopic (exact) mass is 830 g/mol. The van der Waals surface area contributed by atoms with Crippen molar-refractivity contribution in [2.45, 2.75) is 73.0 Å². The van der Waals surface area contributed by atoms with Gasteiger partial charge in [-0.15, -0.1) is 0 Å². The molecule has 1 aliphatic rings. The number of urea groups is 2. The number of nitrogens with two attached hydrogens (primary N) is 2. The molecule has 0 unspecified atom stereocenters. The first-order chi connectivity index (χ1) is 28.7. The van der Waals surface area contributed by atoms with Crippen LogP contribution in [0.3, 0.4) is 0 Å². The molecule has 0 spiro atoms. The van der Waals surface area contributed by atoms with E-state index in [1.807, 2.05) is 68.4 Å². The first-order valence-corrected chi connectivity index (χ1v) is 20.3. The number of benzene rings is 3. The number of ether oxygens (including phenoxy) is 2. The Morgan fingerprint density at radius 3 is 1.72 bits per heavy atom. The molecular formula is C45H67N9O6. The van der Waals surface area contributed by atoms with Gasteiger partial charge < -0.3 is 57.7 Å². The number of amides is 4. The molecule has 4 rings (SSSR count). The van der Waals surface area contributed by atoms with E-state index in [1.54, 1.807) is 26.0 Å². The van der Waals surface area contributed by atoms with E-state index >= 15 is 0 Å². The van der Waals surface area contributed by atoms with Crippen molar-refractivity contribution in [3.05, 3.63) is 119 Å². The molecular weight excluding hydrogens is 763 g/mol. The molecule has 0 saturated heterocycles. The number of nitrogens with zero attached hydrogens (tertiary/aromatic N) is 1. The van der Waals surface area contributed by atoms with Crippen molar-refractivity contribution < 1.29 is 28.7 Å². The fourth-order valence-corrected chi connectivity index (χ4v) is 5.79. The molecule has 0 aromatic heterocycles. The number of rotatable bonds is 19. The van der Waals surface area contributed by atoms with Crippen LogP contribution in [0.4, 0.5) is 21.0 Å². The molecule has 4 amide bonds. The van der Waals surface area contributed by atoms with Crippen molar-refractivity contribution in [1.82, 2.24) is 36.8 Å². The normalized spacial score (nSPS) is 11.6. The Bertz CT molecular complexity index is 1810. The molecule has 1 saturated carbocycles. The largest absolute Gasteiger partial charge is 0.465 e. The van der Waals surface area contributed by atoms with Crippen molar-refractivity contribution in [2.75, 3.05) is 57.9 Å². The molecule has 0 bridgehead atoms. The maximum atomic E-state index is 11.4. The maximum absolute atomic E-state index is 11.4. The number of hydrogen-bond acceptors (Lipinski definition) is 11. The Labute approximate surface area is 356 Å². The summed E-state index contributed by atoms with van der Waals surface area (Å²) in [4.78, 5) is 47.1. The van der Waals surface area contributed by atoms with E-state index in [4.69, 9.17) is 16.2 Å². The predicted molar refractivity (Wildman–Crippen MR) is 239 cm³/mol. The summed E-state index contributed by atoms with van der Waals surface area (Å²) in [6, 6.07) is 20.3. The van der Waals surface area contributed by atoms with Gasteiger partial charge in [0.2, 0.25) is 0 Å². The average molecular weight is 830 g/mol. The van der Waals surface area contributed by atoms with Crippen molar-refractivity contribution in [3.63, 3.8) is 0 Å². The molecule has 1 aliphatic carbocycles. The van der Waals surface area contributed by atoms with Crippen LogP contribution in [0, 0.1) is 19.8 Å². The van der Waals surface area contributed by atoms with Gasteiger partial charge >= 0.3 is 24.0 Å². The van der Waals surface area contributed by atoms with E-state index < -0.39 is 18.0 Å². The highest BCUT2D eigenvalue weighted by molar-refractivity contribution is 5.81. The zero-order valence-corrected chi connectivity index (χ0v) is 36.1. The Balaban J connectivity index is 0.000000313. The number of nitrogens with one attached hydrogen (secondary N) is 6. The minimum atomic E-state index is -0.461. The molecule has 0 atom stereocenters. The smallest absolute Gasteiger partial charge is 0.325 e. The first kappa shape index (κ1) is 49.8. The van der Waals surface area contributed by atoms with E-state index in [9.17, 15) is 19.2 Å². The molecule has 3 aromatic rings. The third-order valence-corrected chi connectivity index (χ3v) is 9.36. The van der Waals surface area contributed by atoms with E-state index in [0.29, 0.717) is 32.0 Å². The van der Waals surface area contributed by atoms with Gasteiger partial charge in [0.15, 0.2) is 0 Å². The Kier molecular flexibility index (Phi) is 23.3. The van der Waals surface area contributed by atoms with Crippen LogP contribution in [0.5, 0.6) is 0 Å². The molecule has 1 fully saturated rings. The van der Waals surface area contributed by atoms with Crippen LogP contribution in [-0.2, 0) is 38.7 Å². The van der Waals surface area contributed by atoms with Crippen LogP contribution in [0.25, 0.3) is 0 Å². The zero-order chi connectivity index (χ0) is 44.3. The SMILES string of the molecule is C=C(NCC(=C)N(C)CC1CCCC1)NCc1ccc(N)cc1.CCOC(=O)CNC(=O)NCc1ccc(C)c(C)c1.CCOC(=O)CNC(=O)NCc1cccc(N)c1. The summed E-state index contributed by atoms with van der Waals surface area (Å²) in [5.41, 5.74) is 19.3. The maximum Gasteiger partial charge on any atom is 0.325 e. The second kappa shape index (κ2) is 28.1. The summed E-state index contributed by atoms with van der Waals surface area (Å²) in [5.74, 6) is 0.751. The number of carbonyl (C=O) groups excluding carboxylic acids is 4. The van der Waals surface area contributed by atoms with Gasteiger partial charge in [-0.2, -0.15) is 0 Å². The molecule has 0 radical (unpaired) electrons. The lowest BCUT2D eigenvalue weighted by Crippen LogP contribution is -2.38. The summed E-state index contributed by atoms with van der Waals surface area (Å²) in [6.07, 6.45) is 5.49. The van der Waals surface area contributed by atoms with Gasteiger partial charge in [-0.25, -0.2) is 9.59 Å². The van der Waals surface area contributed by atoms with Crippen LogP contribution in [-0.4, -0.2) is 75.3 Å². The third kappa shape index (κ3) is 22.0. The number of aryl methyl sites for hydroxylation is 2. The summed E-state index contributed by atoms with van der Waals surface area (Å²) in [6.45, 7) is 19.4. The van der Waals surface area contributed by atoms with Gasteiger partial charge in [0, 0.05) is 50.3 Å². The zero-order valence-electron chi connectivity index (χ0n) is 36.1. The highest BCUT2D eigenvalue weighted by Crippen LogP contribution is 2.25. The lowest BCUT2D eigenvalue weighted by molar-refractivity contribution is -0.142. The number of anilines is 2. The Morgan fingerprint density at radius 1 is 0.650 bits per heavy atom. The summed E-state index contributed by atoms with van der Waals surface area (Å²) in [5, 5.41) is 16.7. The third-order valence-electron chi connectivity index (χ3n) is 9.36. The summed E-state index contributed by atoms with van der Waals surface area (Å²) < 4.78 is 9.38. The molecule has 15 nitrogen and oxygen atoms in total. The molecule has 0 aliphatic heterocycles. The van der Waals surface area contributed by atoms with Crippen LogP contribution >= 0.6 is 0 Å². The van der Waals surface area contributed by atoms with Gasteiger partial charge in [-0.1, -0.05) is 68.5 Å².